The van der Waals surface area contributed by atoms with Crippen molar-refractivity contribution in [3.05, 3.63) is 62.3 Å². The van der Waals surface area contributed by atoms with E-state index in [2.05, 4.69) is 10.1 Å². The molecule has 2 aromatic rings. The predicted octanol–water partition coefficient (Wildman–Crippen LogP) is 0.852. The summed E-state index contributed by atoms with van der Waals surface area (Å²) < 4.78 is 1.00. The SMILES string of the molecule is Cc1ccccc1C=NN(C)c1cc(=O)n(C)c(=O)[nH]1. The molecule has 0 unspecified atom stereocenters. The lowest BCUT2D eigenvalue weighted by Crippen LogP contribution is -2.33. The zero-order chi connectivity index (χ0) is 14.7. The second-order valence-electron chi connectivity index (χ2n) is 4.48. The van der Waals surface area contributed by atoms with Gasteiger partial charge in [0.2, 0.25) is 0 Å². The molecule has 1 N–H and O–H groups in total. The molecule has 1 aromatic carbocycles. The van der Waals surface area contributed by atoms with Gasteiger partial charge in [0.05, 0.1) is 6.21 Å². The molecule has 0 aliphatic carbocycles. The van der Waals surface area contributed by atoms with Crippen molar-refractivity contribution in [1.29, 1.82) is 0 Å². The molecule has 104 valence electrons. The van der Waals surface area contributed by atoms with Gasteiger partial charge in [0, 0.05) is 20.2 Å². The van der Waals surface area contributed by atoms with Gasteiger partial charge in [-0.25, -0.2) is 4.79 Å². The van der Waals surface area contributed by atoms with Crippen LogP contribution in [0.2, 0.25) is 0 Å². The third-order valence-electron chi connectivity index (χ3n) is 3.04. The Bertz CT molecular complexity index is 727. The Morgan fingerprint density at radius 2 is 2.00 bits per heavy atom. The maximum Gasteiger partial charge on any atom is 0.329 e. The fourth-order valence-corrected chi connectivity index (χ4v) is 1.66. The van der Waals surface area contributed by atoms with Crippen molar-refractivity contribution in [1.82, 2.24) is 9.55 Å². The molecule has 1 aromatic heterocycles. The summed E-state index contributed by atoms with van der Waals surface area (Å²) in [4.78, 5) is 25.7. The van der Waals surface area contributed by atoms with E-state index >= 15 is 0 Å². The number of aromatic amines is 1. The number of hydrogen-bond donors (Lipinski definition) is 1. The molecule has 0 saturated heterocycles. The Balaban J connectivity index is 2.29. The van der Waals surface area contributed by atoms with E-state index in [1.807, 2.05) is 31.2 Å². The molecule has 20 heavy (non-hydrogen) atoms. The molecule has 0 fully saturated rings. The van der Waals surface area contributed by atoms with Crippen molar-refractivity contribution in [2.45, 2.75) is 6.92 Å². The molecule has 0 aliphatic rings. The normalized spacial score (nSPS) is 10.9. The summed E-state index contributed by atoms with van der Waals surface area (Å²) in [5.41, 5.74) is 1.24. The molecule has 0 saturated carbocycles. The number of anilines is 1. The first-order chi connectivity index (χ1) is 9.49. The molecule has 6 nitrogen and oxygen atoms in total. The first-order valence-electron chi connectivity index (χ1n) is 6.13. The Hall–Kier alpha value is -2.63. The van der Waals surface area contributed by atoms with Crippen molar-refractivity contribution in [3.8, 4) is 0 Å². The predicted molar refractivity (Wildman–Crippen MR) is 79.5 cm³/mol. The average molecular weight is 272 g/mol. The van der Waals surface area contributed by atoms with Crippen LogP contribution in [0.3, 0.4) is 0 Å². The Morgan fingerprint density at radius 1 is 1.30 bits per heavy atom. The lowest BCUT2D eigenvalue weighted by molar-refractivity contribution is 0.766. The summed E-state index contributed by atoms with van der Waals surface area (Å²) >= 11 is 0. The first kappa shape index (κ1) is 13.8. The minimum Gasteiger partial charge on any atom is -0.292 e. The topological polar surface area (TPSA) is 70.5 Å². The van der Waals surface area contributed by atoms with E-state index in [9.17, 15) is 9.59 Å². The van der Waals surface area contributed by atoms with Crippen LogP contribution in [0, 0.1) is 6.92 Å². The number of hydrogen-bond acceptors (Lipinski definition) is 4. The van der Waals surface area contributed by atoms with Crippen LogP contribution in [-0.2, 0) is 7.05 Å². The lowest BCUT2D eigenvalue weighted by atomic mass is 10.1. The van der Waals surface area contributed by atoms with Gasteiger partial charge in [-0.15, -0.1) is 0 Å². The Labute approximate surface area is 116 Å². The summed E-state index contributed by atoms with van der Waals surface area (Å²) in [5.74, 6) is 0.350. The molecule has 6 heteroatoms. The molecule has 0 aliphatic heterocycles. The average Bonchev–Trinajstić information content (AvgIpc) is 2.43. The van der Waals surface area contributed by atoms with Crippen LogP contribution in [0.25, 0.3) is 0 Å². The van der Waals surface area contributed by atoms with E-state index in [0.29, 0.717) is 5.82 Å². The van der Waals surface area contributed by atoms with Gasteiger partial charge in [0.15, 0.2) is 0 Å². The third kappa shape index (κ3) is 2.85. The highest BCUT2D eigenvalue weighted by Gasteiger charge is 2.04. The van der Waals surface area contributed by atoms with Crippen LogP contribution >= 0.6 is 0 Å². The van der Waals surface area contributed by atoms with Gasteiger partial charge in [-0.05, 0) is 18.1 Å². The zero-order valence-corrected chi connectivity index (χ0v) is 11.6. The molecule has 0 radical (unpaired) electrons. The maximum absolute atomic E-state index is 11.6. The van der Waals surface area contributed by atoms with Crippen LogP contribution in [0.1, 0.15) is 11.1 Å². The first-order valence-corrected chi connectivity index (χ1v) is 6.13. The number of aryl methyl sites for hydroxylation is 1. The second-order valence-corrected chi connectivity index (χ2v) is 4.48. The zero-order valence-electron chi connectivity index (χ0n) is 11.6. The van der Waals surface area contributed by atoms with Crippen LogP contribution < -0.4 is 16.3 Å². The number of nitrogens with zero attached hydrogens (tertiary/aromatic N) is 3. The summed E-state index contributed by atoms with van der Waals surface area (Å²) in [6.07, 6.45) is 1.69. The number of nitrogens with one attached hydrogen (secondary N) is 1. The third-order valence-corrected chi connectivity index (χ3v) is 3.04. The van der Waals surface area contributed by atoms with Gasteiger partial charge in [0.1, 0.15) is 5.82 Å². The molecular formula is C14H16N4O2. The van der Waals surface area contributed by atoms with Crippen molar-refractivity contribution < 1.29 is 0 Å². The van der Waals surface area contributed by atoms with Crippen LogP contribution in [-0.4, -0.2) is 22.8 Å². The van der Waals surface area contributed by atoms with E-state index in [1.54, 1.807) is 13.3 Å². The van der Waals surface area contributed by atoms with Crippen LogP contribution in [0.15, 0.2) is 45.0 Å². The highest BCUT2D eigenvalue weighted by Crippen LogP contribution is 2.06. The van der Waals surface area contributed by atoms with E-state index in [0.717, 1.165) is 15.7 Å². The Kier molecular flexibility index (Phi) is 3.84. The Morgan fingerprint density at radius 3 is 2.65 bits per heavy atom. The van der Waals surface area contributed by atoms with Crippen molar-refractivity contribution >= 4 is 12.0 Å². The van der Waals surface area contributed by atoms with Gasteiger partial charge < -0.3 is 0 Å². The van der Waals surface area contributed by atoms with E-state index in [-0.39, 0.29) is 5.56 Å². The van der Waals surface area contributed by atoms with Gasteiger partial charge in [-0.3, -0.25) is 19.4 Å². The smallest absolute Gasteiger partial charge is 0.292 e. The second kappa shape index (κ2) is 5.56. The summed E-state index contributed by atoms with van der Waals surface area (Å²) in [6.45, 7) is 1.99. The summed E-state index contributed by atoms with van der Waals surface area (Å²) in [5, 5.41) is 5.68. The highest BCUT2D eigenvalue weighted by molar-refractivity contribution is 5.82. The molecule has 1 heterocycles. The maximum atomic E-state index is 11.6. The number of benzene rings is 1. The fraction of sp³-hybridized carbons (Fsp3) is 0.214. The minimum absolute atomic E-state index is 0.350. The fourth-order valence-electron chi connectivity index (χ4n) is 1.66. The largest absolute Gasteiger partial charge is 0.329 e. The standard InChI is InChI=1S/C14H16N4O2/c1-10-6-4-5-7-11(10)9-15-18(3)12-8-13(19)17(2)14(20)16-12/h4-9H,1-3H3,(H,16,20). The van der Waals surface area contributed by atoms with Crippen LogP contribution in [0.4, 0.5) is 5.82 Å². The van der Waals surface area contributed by atoms with Gasteiger partial charge in [-0.2, -0.15) is 5.10 Å². The summed E-state index contributed by atoms with van der Waals surface area (Å²) in [7, 11) is 3.08. The molecule has 0 atom stereocenters. The van der Waals surface area contributed by atoms with Crippen molar-refractivity contribution in [2.24, 2.45) is 12.1 Å². The van der Waals surface area contributed by atoms with Gasteiger partial charge >= 0.3 is 5.69 Å². The molecule has 0 amide bonds. The number of aromatic nitrogens is 2. The van der Waals surface area contributed by atoms with Crippen molar-refractivity contribution in [3.63, 3.8) is 0 Å². The van der Waals surface area contributed by atoms with E-state index < -0.39 is 5.69 Å². The monoisotopic (exact) mass is 272 g/mol. The summed E-state index contributed by atoms with van der Waals surface area (Å²) in [6, 6.07) is 9.14. The molecule has 0 bridgehead atoms. The molecule has 0 spiro atoms. The quantitative estimate of drug-likeness (QED) is 0.665. The lowest BCUT2D eigenvalue weighted by Gasteiger charge is -2.12. The van der Waals surface area contributed by atoms with Crippen molar-refractivity contribution in [2.75, 3.05) is 12.1 Å². The van der Waals surface area contributed by atoms with E-state index in [4.69, 9.17) is 0 Å². The molecular weight excluding hydrogens is 256 g/mol. The van der Waals surface area contributed by atoms with Gasteiger partial charge in [-0.1, -0.05) is 24.3 Å². The van der Waals surface area contributed by atoms with Gasteiger partial charge in [0.25, 0.3) is 5.56 Å². The highest BCUT2D eigenvalue weighted by atomic mass is 16.2. The molecule has 2 rings (SSSR count). The number of hydrazone groups is 1. The minimum atomic E-state index is -0.467. The number of rotatable bonds is 3. The number of H-pyrrole nitrogens is 1. The van der Waals surface area contributed by atoms with Crippen LogP contribution in [0.5, 0.6) is 0 Å². The van der Waals surface area contributed by atoms with E-state index in [1.165, 1.54) is 18.1 Å².